The van der Waals surface area contributed by atoms with Crippen molar-refractivity contribution >= 4 is 17.7 Å². The molecule has 0 aromatic heterocycles. The predicted octanol–water partition coefficient (Wildman–Crippen LogP) is 3.62. The minimum absolute atomic E-state index is 0.00327. The van der Waals surface area contributed by atoms with Crippen LogP contribution in [-0.4, -0.2) is 29.3 Å². The van der Waals surface area contributed by atoms with E-state index in [1.807, 2.05) is 48.2 Å². The molecule has 24 heavy (non-hydrogen) atoms. The van der Waals surface area contributed by atoms with Crippen LogP contribution in [0, 0.1) is 0 Å². The van der Waals surface area contributed by atoms with Gasteiger partial charge in [0.15, 0.2) is 11.5 Å². The number of fused-ring (bicyclic) bond motifs is 1. The van der Waals surface area contributed by atoms with E-state index in [4.69, 9.17) is 9.47 Å². The first-order valence-corrected chi connectivity index (χ1v) is 9.06. The summed E-state index contributed by atoms with van der Waals surface area (Å²) in [5, 5.41) is -0.0320. The Morgan fingerprint density at radius 3 is 2.62 bits per heavy atom. The SMILES string of the molecule is CC1SC(c2ccc3c(c2)OCCO3)N(Cc2ccccc2)C1=O. The lowest BCUT2D eigenvalue weighted by Gasteiger charge is -2.26. The molecule has 2 heterocycles. The smallest absolute Gasteiger partial charge is 0.236 e. The summed E-state index contributed by atoms with van der Waals surface area (Å²) in [5.41, 5.74) is 2.22. The van der Waals surface area contributed by atoms with Gasteiger partial charge in [-0.15, -0.1) is 11.8 Å². The Morgan fingerprint density at radius 2 is 1.83 bits per heavy atom. The highest BCUT2D eigenvalue weighted by Gasteiger charge is 2.38. The van der Waals surface area contributed by atoms with Crippen LogP contribution in [0.2, 0.25) is 0 Å². The van der Waals surface area contributed by atoms with Gasteiger partial charge >= 0.3 is 0 Å². The number of nitrogens with zero attached hydrogens (tertiary/aromatic N) is 1. The van der Waals surface area contributed by atoms with Crippen molar-refractivity contribution in [3.05, 3.63) is 59.7 Å². The van der Waals surface area contributed by atoms with Crippen LogP contribution in [0.5, 0.6) is 11.5 Å². The molecule has 1 fully saturated rings. The number of hydrogen-bond donors (Lipinski definition) is 0. The number of rotatable bonds is 3. The van der Waals surface area contributed by atoms with Crippen LogP contribution >= 0.6 is 11.8 Å². The highest BCUT2D eigenvalue weighted by atomic mass is 32.2. The molecule has 1 saturated heterocycles. The summed E-state index contributed by atoms with van der Waals surface area (Å²) >= 11 is 1.68. The van der Waals surface area contributed by atoms with Crippen LogP contribution < -0.4 is 9.47 Å². The molecule has 0 bridgehead atoms. The molecule has 2 aliphatic rings. The zero-order chi connectivity index (χ0) is 16.5. The minimum Gasteiger partial charge on any atom is -0.486 e. The standard InChI is InChI=1S/C19H19NO3S/c1-13-18(21)20(12-14-5-3-2-4-6-14)19(24-13)15-7-8-16-17(11-15)23-10-9-22-16/h2-8,11,13,19H,9-10,12H2,1H3. The summed E-state index contributed by atoms with van der Waals surface area (Å²) in [6, 6.07) is 16.1. The molecule has 2 aliphatic heterocycles. The highest BCUT2D eigenvalue weighted by molar-refractivity contribution is 8.01. The fourth-order valence-electron chi connectivity index (χ4n) is 3.09. The molecule has 2 atom stereocenters. The van der Waals surface area contributed by atoms with Gasteiger partial charge in [-0.2, -0.15) is 0 Å². The predicted molar refractivity (Wildman–Crippen MR) is 94.2 cm³/mol. The van der Waals surface area contributed by atoms with Crippen molar-refractivity contribution in [3.8, 4) is 11.5 Å². The third kappa shape index (κ3) is 2.84. The highest BCUT2D eigenvalue weighted by Crippen LogP contribution is 2.45. The molecule has 0 aliphatic carbocycles. The molecule has 0 saturated carbocycles. The molecule has 2 aromatic carbocycles. The van der Waals surface area contributed by atoms with Gasteiger partial charge in [0, 0.05) is 6.54 Å². The van der Waals surface area contributed by atoms with E-state index in [0.29, 0.717) is 19.8 Å². The first-order chi connectivity index (χ1) is 11.7. The number of carbonyl (C=O) groups is 1. The maximum atomic E-state index is 12.6. The number of ether oxygens (including phenoxy) is 2. The summed E-state index contributed by atoms with van der Waals surface area (Å²) in [5.74, 6) is 1.73. The maximum Gasteiger partial charge on any atom is 0.236 e. The second kappa shape index (κ2) is 6.40. The van der Waals surface area contributed by atoms with Crippen molar-refractivity contribution in [1.29, 1.82) is 0 Å². The first kappa shape index (κ1) is 15.4. The normalized spacial score (nSPS) is 22.7. The van der Waals surface area contributed by atoms with E-state index in [1.165, 1.54) is 0 Å². The average Bonchev–Trinajstić information content (AvgIpc) is 2.90. The maximum absolute atomic E-state index is 12.6. The topological polar surface area (TPSA) is 38.8 Å². The Kier molecular flexibility index (Phi) is 4.10. The minimum atomic E-state index is -0.0353. The largest absolute Gasteiger partial charge is 0.486 e. The van der Waals surface area contributed by atoms with Gasteiger partial charge < -0.3 is 14.4 Å². The van der Waals surface area contributed by atoms with Crippen LogP contribution in [-0.2, 0) is 11.3 Å². The van der Waals surface area contributed by atoms with Crippen LogP contribution in [0.25, 0.3) is 0 Å². The van der Waals surface area contributed by atoms with E-state index in [-0.39, 0.29) is 16.5 Å². The monoisotopic (exact) mass is 341 g/mol. The van der Waals surface area contributed by atoms with Gasteiger partial charge in [0.05, 0.1) is 5.25 Å². The summed E-state index contributed by atoms with van der Waals surface area (Å²) in [7, 11) is 0. The molecule has 4 nitrogen and oxygen atoms in total. The second-order valence-electron chi connectivity index (χ2n) is 5.99. The van der Waals surface area contributed by atoms with Crippen molar-refractivity contribution in [2.45, 2.75) is 24.1 Å². The lowest BCUT2D eigenvalue weighted by molar-refractivity contribution is -0.130. The molecule has 1 amide bonds. The number of amides is 1. The van der Waals surface area contributed by atoms with Gasteiger partial charge in [0.1, 0.15) is 18.6 Å². The first-order valence-electron chi connectivity index (χ1n) is 8.12. The second-order valence-corrected chi connectivity index (χ2v) is 7.41. The van der Waals surface area contributed by atoms with Crippen LogP contribution in [0.3, 0.4) is 0 Å². The van der Waals surface area contributed by atoms with Crippen LogP contribution in [0.1, 0.15) is 23.4 Å². The molecule has 2 unspecified atom stereocenters. The van der Waals surface area contributed by atoms with Crippen molar-refractivity contribution in [2.24, 2.45) is 0 Å². The molecule has 0 radical (unpaired) electrons. The Morgan fingerprint density at radius 1 is 1.08 bits per heavy atom. The molecule has 0 N–H and O–H groups in total. The number of carbonyl (C=O) groups excluding carboxylic acids is 1. The van der Waals surface area contributed by atoms with Gasteiger partial charge in [-0.05, 0) is 30.2 Å². The average molecular weight is 341 g/mol. The third-order valence-electron chi connectivity index (χ3n) is 4.29. The van der Waals surface area contributed by atoms with E-state index >= 15 is 0 Å². The van der Waals surface area contributed by atoms with Crippen LogP contribution in [0.4, 0.5) is 0 Å². The summed E-state index contributed by atoms with van der Waals surface area (Å²) < 4.78 is 11.3. The zero-order valence-corrected chi connectivity index (χ0v) is 14.3. The molecular formula is C19H19NO3S. The number of hydrogen-bond acceptors (Lipinski definition) is 4. The van der Waals surface area contributed by atoms with Crippen molar-refractivity contribution < 1.29 is 14.3 Å². The number of benzene rings is 2. The van der Waals surface area contributed by atoms with Gasteiger partial charge in [-0.1, -0.05) is 36.4 Å². The Hall–Kier alpha value is -2.14. The fourth-order valence-corrected chi connectivity index (χ4v) is 4.35. The Balaban J connectivity index is 1.63. The van der Waals surface area contributed by atoms with Crippen molar-refractivity contribution in [3.63, 3.8) is 0 Å². The molecule has 124 valence electrons. The van der Waals surface area contributed by atoms with Crippen LogP contribution in [0.15, 0.2) is 48.5 Å². The summed E-state index contributed by atoms with van der Waals surface area (Å²) in [6.07, 6.45) is 0. The lowest BCUT2D eigenvalue weighted by atomic mass is 10.1. The Bertz CT molecular complexity index is 750. The Labute approximate surface area is 145 Å². The van der Waals surface area contributed by atoms with E-state index in [0.717, 1.165) is 22.6 Å². The molecule has 5 heteroatoms. The van der Waals surface area contributed by atoms with E-state index in [1.54, 1.807) is 11.8 Å². The van der Waals surface area contributed by atoms with E-state index in [2.05, 4.69) is 12.1 Å². The molecule has 4 rings (SSSR count). The van der Waals surface area contributed by atoms with E-state index in [9.17, 15) is 4.79 Å². The molecule has 0 spiro atoms. The van der Waals surface area contributed by atoms with Crippen molar-refractivity contribution in [2.75, 3.05) is 13.2 Å². The van der Waals surface area contributed by atoms with Crippen molar-refractivity contribution in [1.82, 2.24) is 4.90 Å². The van der Waals surface area contributed by atoms with Gasteiger partial charge in [-0.25, -0.2) is 0 Å². The number of thioether (sulfide) groups is 1. The summed E-state index contributed by atoms with van der Waals surface area (Å²) in [6.45, 7) is 3.75. The van der Waals surface area contributed by atoms with Gasteiger partial charge in [0.2, 0.25) is 5.91 Å². The fraction of sp³-hybridized carbons (Fsp3) is 0.316. The van der Waals surface area contributed by atoms with E-state index < -0.39 is 0 Å². The quantitative estimate of drug-likeness (QED) is 0.855. The van der Waals surface area contributed by atoms with Gasteiger partial charge in [0.25, 0.3) is 0 Å². The third-order valence-corrected chi connectivity index (χ3v) is 5.69. The van der Waals surface area contributed by atoms with Gasteiger partial charge in [-0.3, -0.25) is 4.79 Å². The molecule has 2 aromatic rings. The summed E-state index contributed by atoms with van der Waals surface area (Å²) in [4.78, 5) is 14.6. The lowest BCUT2D eigenvalue weighted by Crippen LogP contribution is -2.29. The zero-order valence-electron chi connectivity index (χ0n) is 13.5. The molecular weight excluding hydrogens is 322 g/mol.